The summed E-state index contributed by atoms with van der Waals surface area (Å²) in [6.45, 7) is 5.46. The van der Waals surface area contributed by atoms with E-state index in [1.165, 1.54) is 40.3 Å². The van der Waals surface area contributed by atoms with Crippen LogP contribution in [-0.4, -0.2) is 6.54 Å². The normalized spacial score (nSPS) is 16.5. The topological polar surface area (TPSA) is 14.1 Å². The number of hydrogen-bond donors (Lipinski definition) is 0. The molecule has 1 aromatic rings. The lowest BCUT2D eigenvalue weighted by Crippen LogP contribution is -1.94. The highest BCUT2D eigenvalue weighted by Gasteiger charge is 2.14. The Kier molecular flexibility index (Phi) is 2.09. The summed E-state index contributed by atoms with van der Waals surface area (Å²) in [5.41, 5.74) is 3.01. The van der Waals surface area contributed by atoms with Gasteiger partial charge in [0.25, 0.3) is 0 Å². The Morgan fingerprint density at radius 3 is 2.92 bits per heavy atom. The fourth-order valence-electron chi connectivity index (χ4n) is 1.67. The second-order valence-corrected chi connectivity index (χ2v) is 4.61. The lowest BCUT2D eigenvalue weighted by Gasteiger charge is -1.97. The Balaban J connectivity index is 2.42. The van der Waals surface area contributed by atoms with Crippen LogP contribution >= 0.6 is 11.3 Å². The first-order valence-corrected chi connectivity index (χ1v) is 5.37. The van der Waals surface area contributed by atoms with Crippen LogP contribution in [0.5, 0.6) is 0 Å². The molecule has 0 fully saturated rings. The molecule has 12 heavy (non-hydrogen) atoms. The maximum atomic E-state index is 4.59. The highest BCUT2D eigenvalue weighted by Crippen LogP contribution is 2.34. The lowest BCUT2D eigenvalue weighted by molar-refractivity contribution is 0.727. The van der Waals surface area contributed by atoms with Crippen LogP contribution in [-0.2, 0) is 6.42 Å². The average Bonchev–Trinajstić information content (AvgIpc) is 2.30. The van der Waals surface area contributed by atoms with Crippen molar-refractivity contribution in [3.8, 4) is 0 Å². The van der Waals surface area contributed by atoms with Gasteiger partial charge in [-0.1, -0.05) is 0 Å². The van der Waals surface area contributed by atoms with E-state index in [1.807, 2.05) is 11.3 Å². The summed E-state index contributed by atoms with van der Waals surface area (Å²) in [6, 6.07) is 0. The predicted molar refractivity (Wildman–Crippen MR) is 53.4 cm³/mol. The van der Waals surface area contributed by atoms with Crippen molar-refractivity contribution in [1.29, 1.82) is 0 Å². The zero-order valence-corrected chi connectivity index (χ0v) is 8.50. The molecule has 0 N–H and O–H groups in total. The molecule has 1 aliphatic rings. The van der Waals surface area contributed by atoms with Gasteiger partial charge in [-0.25, -0.2) is 0 Å². The van der Waals surface area contributed by atoms with Crippen molar-refractivity contribution < 1.29 is 0 Å². The van der Waals surface area contributed by atoms with Gasteiger partial charge in [-0.15, -0.1) is 11.3 Å². The number of aryl methyl sites for hydroxylation is 1. The molecule has 0 aromatic carbocycles. The third kappa shape index (κ3) is 1.24. The summed E-state index contributed by atoms with van der Waals surface area (Å²) < 4.78 is 0. The molecule has 1 aromatic heterocycles. The van der Waals surface area contributed by atoms with Crippen LogP contribution in [0, 0.1) is 13.8 Å². The Morgan fingerprint density at radius 1 is 1.25 bits per heavy atom. The molecule has 0 unspecified atom stereocenters. The average molecular weight is 180 g/mol. The van der Waals surface area contributed by atoms with E-state index in [4.69, 9.17) is 0 Å². The molecule has 1 radical (unpaired) electrons. The molecule has 0 bridgehead atoms. The van der Waals surface area contributed by atoms with E-state index >= 15 is 0 Å². The monoisotopic (exact) mass is 180 g/mol. The highest BCUT2D eigenvalue weighted by molar-refractivity contribution is 7.16. The summed E-state index contributed by atoms with van der Waals surface area (Å²) in [4.78, 5) is 1.45. The third-order valence-corrected chi connectivity index (χ3v) is 3.76. The molecule has 1 nitrogen and oxygen atoms in total. The number of fused-ring (bicyclic) bond motifs is 1. The van der Waals surface area contributed by atoms with E-state index < -0.39 is 0 Å². The molecule has 65 valence electrons. The van der Waals surface area contributed by atoms with Gasteiger partial charge in [0.15, 0.2) is 0 Å². The van der Waals surface area contributed by atoms with Crippen LogP contribution in [0.15, 0.2) is 0 Å². The second kappa shape index (κ2) is 3.09. The Morgan fingerprint density at radius 2 is 2.08 bits per heavy atom. The van der Waals surface area contributed by atoms with Gasteiger partial charge in [-0.3, -0.25) is 5.32 Å². The van der Waals surface area contributed by atoms with Gasteiger partial charge in [0, 0.05) is 11.4 Å². The fourth-order valence-corrected chi connectivity index (χ4v) is 2.77. The first kappa shape index (κ1) is 8.11. The van der Waals surface area contributed by atoms with Crippen LogP contribution in [0.25, 0.3) is 0 Å². The van der Waals surface area contributed by atoms with Gasteiger partial charge < -0.3 is 0 Å². The van der Waals surface area contributed by atoms with E-state index in [0.29, 0.717) is 0 Å². The van der Waals surface area contributed by atoms with Crippen molar-refractivity contribution in [1.82, 2.24) is 5.32 Å². The Bertz CT molecular complexity index is 288. The maximum Gasteiger partial charge on any atom is 0.114 e. The van der Waals surface area contributed by atoms with Crippen molar-refractivity contribution >= 4 is 16.3 Å². The van der Waals surface area contributed by atoms with Gasteiger partial charge in [-0.2, -0.15) is 0 Å². The number of nitrogens with zero attached hydrogens (tertiary/aromatic N) is 1. The smallest absolute Gasteiger partial charge is 0.114 e. The van der Waals surface area contributed by atoms with E-state index in [2.05, 4.69) is 19.2 Å². The predicted octanol–water partition coefficient (Wildman–Crippen LogP) is 2.94. The van der Waals surface area contributed by atoms with Crippen molar-refractivity contribution in [2.45, 2.75) is 33.1 Å². The lowest BCUT2D eigenvalue weighted by atomic mass is 10.1. The number of rotatable bonds is 0. The quantitative estimate of drug-likeness (QED) is 0.583. The van der Waals surface area contributed by atoms with Gasteiger partial charge >= 0.3 is 0 Å². The number of thiophene rings is 1. The first-order valence-electron chi connectivity index (χ1n) is 4.55. The molecule has 0 saturated heterocycles. The standard InChI is InChI=1S/C10H14NS/c1-7-8(2)12-10-9(7)5-3-4-6-11-10/h3-6H2,1-2H3. The van der Waals surface area contributed by atoms with E-state index in [9.17, 15) is 0 Å². The molecule has 0 atom stereocenters. The van der Waals surface area contributed by atoms with Crippen molar-refractivity contribution in [3.05, 3.63) is 16.0 Å². The molecular formula is C10H14NS. The molecule has 2 heteroatoms. The molecule has 2 rings (SSSR count). The Hall–Kier alpha value is -0.500. The first-order chi connectivity index (χ1) is 5.79. The molecule has 1 aliphatic heterocycles. The SMILES string of the molecule is Cc1sc2c(c1C)CCCC[N]2. The zero-order chi connectivity index (χ0) is 8.55. The summed E-state index contributed by atoms with van der Waals surface area (Å²) in [5.74, 6) is 0. The minimum absolute atomic E-state index is 1.03. The van der Waals surface area contributed by atoms with Crippen molar-refractivity contribution in [3.63, 3.8) is 0 Å². The molecule has 2 heterocycles. The molecule has 0 aliphatic carbocycles. The van der Waals surface area contributed by atoms with E-state index in [1.54, 1.807) is 0 Å². The van der Waals surface area contributed by atoms with Crippen LogP contribution in [0.1, 0.15) is 28.8 Å². The molecule has 0 saturated carbocycles. The van der Waals surface area contributed by atoms with Gasteiger partial charge in [-0.05, 0) is 44.2 Å². The minimum Gasteiger partial charge on any atom is -0.274 e. The second-order valence-electron chi connectivity index (χ2n) is 3.41. The van der Waals surface area contributed by atoms with Gasteiger partial charge in [0.05, 0.1) is 0 Å². The summed E-state index contributed by atoms with van der Waals surface area (Å²) >= 11 is 1.86. The van der Waals surface area contributed by atoms with Crippen LogP contribution in [0.2, 0.25) is 0 Å². The Labute approximate surface area is 77.8 Å². The third-order valence-electron chi connectivity index (χ3n) is 2.58. The van der Waals surface area contributed by atoms with Crippen LogP contribution in [0.4, 0.5) is 5.00 Å². The maximum absolute atomic E-state index is 4.59. The van der Waals surface area contributed by atoms with Crippen molar-refractivity contribution in [2.24, 2.45) is 0 Å². The minimum atomic E-state index is 1.03. The summed E-state index contributed by atoms with van der Waals surface area (Å²) in [5, 5.41) is 5.89. The van der Waals surface area contributed by atoms with Crippen molar-refractivity contribution in [2.75, 3.05) is 6.54 Å². The van der Waals surface area contributed by atoms with Gasteiger partial charge in [0.2, 0.25) is 0 Å². The summed E-state index contributed by atoms with van der Waals surface area (Å²) in [6.07, 6.45) is 3.82. The molecule has 0 amide bonds. The summed E-state index contributed by atoms with van der Waals surface area (Å²) in [7, 11) is 0. The van der Waals surface area contributed by atoms with Crippen LogP contribution < -0.4 is 5.32 Å². The van der Waals surface area contributed by atoms with Gasteiger partial charge in [0.1, 0.15) is 5.00 Å². The van der Waals surface area contributed by atoms with E-state index in [0.717, 1.165) is 6.54 Å². The molecular weight excluding hydrogens is 166 g/mol. The number of hydrogen-bond acceptors (Lipinski definition) is 1. The molecule has 0 spiro atoms. The zero-order valence-electron chi connectivity index (χ0n) is 7.68. The largest absolute Gasteiger partial charge is 0.274 e. The van der Waals surface area contributed by atoms with Crippen LogP contribution in [0.3, 0.4) is 0 Å². The highest BCUT2D eigenvalue weighted by atomic mass is 32.1. The fraction of sp³-hybridized carbons (Fsp3) is 0.600. The van der Waals surface area contributed by atoms with E-state index in [-0.39, 0.29) is 0 Å².